The molecule has 4 nitrogen and oxygen atoms in total. The summed E-state index contributed by atoms with van der Waals surface area (Å²) in [7, 11) is 0. The van der Waals surface area contributed by atoms with Crippen molar-refractivity contribution in [3.63, 3.8) is 0 Å². The minimum Gasteiger partial charge on any atom is -0.480 e. The molecule has 2 N–H and O–H groups in total. The lowest BCUT2D eigenvalue weighted by atomic mass is 10.0. The number of carboxylic acids is 1. The molecule has 0 aliphatic rings. The van der Waals surface area contributed by atoms with Gasteiger partial charge < -0.3 is 10.4 Å². The van der Waals surface area contributed by atoms with Gasteiger partial charge in [-0.1, -0.05) is 42.5 Å². The number of carbonyl (C=O) groups excluding carboxylic acids is 1. The number of hydrogen-bond acceptors (Lipinski definition) is 2. The highest BCUT2D eigenvalue weighted by Crippen LogP contribution is 2.22. The van der Waals surface area contributed by atoms with Crippen molar-refractivity contribution >= 4 is 11.9 Å². The van der Waals surface area contributed by atoms with Gasteiger partial charge in [0.15, 0.2) is 0 Å². The van der Waals surface area contributed by atoms with E-state index < -0.39 is 30.5 Å². The van der Waals surface area contributed by atoms with Crippen molar-refractivity contribution in [1.29, 1.82) is 0 Å². The third-order valence-electron chi connectivity index (χ3n) is 3.80. The Morgan fingerprint density at radius 1 is 0.962 bits per heavy atom. The molecule has 0 aromatic heterocycles. The van der Waals surface area contributed by atoms with Gasteiger partial charge in [0.2, 0.25) is 0 Å². The van der Waals surface area contributed by atoms with Gasteiger partial charge >= 0.3 is 12.1 Å². The molecule has 0 spiro atoms. The van der Waals surface area contributed by atoms with E-state index in [1.165, 1.54) is 24.3 Å². The Morgan fingerprint density at radius 3 is 2.12 bits per heavy atom. The molecule has 0 bridgehead atoms. The van der Waals surface area contributed by atoms with Crippen LogP contribution in [-0.2, 0) is 17.6 Å². The second-order valence-corrected chi connectivity index (χ2v) is 5.87. The van der Waals surface area contributed by atoms with Crippen LogP contribution in [0, 0.1) is 0 Å². The largest absolute Gasteiger partial charge is 0.480 e. The molecule has 0 radical (unpaired) electrons. The lowest BCUT2D eigenvalue weighted by molar-refractivity contribution is -0.139. The van der Waals surface area contributed by atoms with Crippen molar-refractivity contribution in [2.75, 3.05) is 0 Å². The van der Waals surface area contributed by atoms with Crippen LogP contribution < -0.4 is 5.32 Å². The Kier molecular flexibility index (Phi) is 6.38. The number of aryl methyl sites for hydroxylation is 1. The Bertz CT molecular complexity index is 743. The van der Waals surface area contributed by atoms with Crippen molar-refractivity contribution in [3.05, 3.63) is 71.3 Å². The molecule has 2 aromatic rings. The minimum atomic E-state index is -4.23. The molecule has 2 aromatic carbocycles. The van der Waals surface area contributed by atoms with Gasteiger partial charge in [0.25, 0.3) is 5.91 Å². The van der Waals surface area contributed by atoms with Crippen LogP contribution in [0.1, 0.15) is 27.9 Å². The highest BCUT2D eigenvalue weighted by Gasteiger charge is 2.26. The Balaban J connectivity index is 1.99. The molecule has 2 rings (SSSR count). The molecular formula is C19H18F3NO3. The van der Waals surface area contributed by atoms with Crippen LogP contribution in [0.3, 0.4) is 0 Å². The van der Waals surface area contributed by atoms with Gasteiger partial charge in [-0.15, -0.1) is 0 Å². The summed E-state index contributed by atoms with van der Waals surface area (Å²) in [5, 5.41) is 11.7. The van der Waals surface area contributed by atoms with E-state index in [1.54, 1.807) is 30.3 Å². The highest BCUT2D eigenvalue weighted by atomic mass is 19.4. The average molecular weight is 365 g/mol. The predicted molar refractivity (Wildman–Crippen MR) is 89.9 cm³/mol. The SMILES string of the molecule is O=C(N[C@H](Cc1ccccc1)C(=O)O)c1ccc(CCC(F)(F)F)cc1. The molecule has 1 amide bonds. The van der Waals surface area contributed by atoms with Gasteiger partial charge in [0, 0.05) is 18.4 Å². The van der Waals surface area contributed by atoms with Crippen LogP contribution in [0.25, 0.3) is 0 Å². The van der Waals surface area contributed by atoms with Crippen LogP contribution in [0.2, 0.25) is 0 Å². The molecule has 26 heavy (non-hydrogen) atoms. The maximum absolute atomic E-state index is 12.2. The van der Waals surface area contributed by atoms with E-state index >= 15 is 0 Å². The fourth-order valence-corrected chi connectivity index (χ4v) is 2.40. The molecular weight excluding hydrogens is 347 g/mol. The van der Waals surface area contributed by atoms with Gasteiger partial charge in [0.05, 0.1) is 0 Å². The highest BCUT2D eigenvalue weighted by molar-refractivity contribution is 5.96. The summed E-state index contributed by atoms with van der Waals surface area (Å²) in [5.74, 6) is -1.75. The van der Waals surface area contributed by atoms with E-state index in [4.69, 9.17) is 0 Å². The summed E-state index contributed by atoms with van der Waals surface area (Å²) in [6.45, 7) is 0. The standard InChI is InChI=1S/C19H18F3NO3/c20-19(21,22)11-10-13-6-8-15(9-7-13)17(24)23-16(18(25)26)12-14-4-2-1-3-5-14/h1-9,16H,10-12H2,(H,23,24)(H,25,26)/t16-/m1/s1. The van der Waals surface area contributed by atoms with Crippen molar-refractivity contribution in [3.8, 4) is 0 Å². The lowest BCUT2D eigenvalue weighted by Gasteiger charge is -2.15. The number of rotatable bonds is 7. The molecule has 0 aliphatic carbocycles. The van der Waals surface area contributed by atoms with Gasteiger partial charge in [-0.3, -0.25) is 4.79 Å². The van der Waals surface area contributed by atoms with Crippen LogP contribution in [-0.4, -0.2) is 29.2 Å². The van der Waals surface area contributed by atoms with Crippen LogP contribution in [0.15, 0.2) is 54.6 Å². The number of alkyl halides is 3. The Hall–Kier alpha value is -2.83. The number of hydrogen-bond donors (Lipinski definition) is 2. The summed E-state index contributed by atoms with van der Waals surface area (Å²) in [6.07, 6.45) is -5.21. The maximum atomic E-state index is 12.2. The number of carbonyl (C=O) groups is 2. The van der Waals surface area contributed by atoms with Crippen LogP contribution >= 0.6 is 0 Å². The van der Waals surface area contributed by atoms with Gasteiger partial charge in [0.1, 0.15) is 6.04 Å². The van der Waals surface area contributed by atoms with E-state index in [-0.39, 0.29) is 18.4 Å². The minimum absolute atomic E-state index is 0.131. The molecule has 0 fully saturated rings. The first-order valence-corrected chi connectivity index (χ1v) is 7.98. The van der Waals surface area contributed by atoms with Crippen molar-refractivity contribution < 1.29 is 27.9 Å². The maximum Gasteiger partial charge on any atom is 0.389 e. The van der Waals surface area contributed by atoms with E-state index in [1.807, 2.05) is 0 Å². The van der Waals surface area contributed by atoms with Crippen LogP contribution in [0.4, 0.5) is 13.2 Å². The van der Waals surface area contributed by atoms with Crippen LogP contribution in [0.5, 0.6) is 0 Å². The van der Waals surface area contributed by atoms with E-state index in [0.717, 1.165) is 5.56 Å². The normalized spacial score (nSPS) is 12.4. The first kappa shape index (κ1) is 19.5. The zero-order chi connectivity index (χ0) is 19.2. The molecule has 1 atom stereocenters. The quantitative estimate of drug-likeness (QED) is 0.788. The van der Waals surface area contributed by atoms with Crippen molar-refractivity contribution in [1.82, 2.24) is 5.32 Å². The Labute approximate surface area is 148 Å². The summed E-state index contributed by atoms with van der Waals surface area (Å²) in [6, 6.07) is 13.4. The van der Waals surface area contributed by atoms with Crippen molar-refractivity contribution in [2.45, 2.75) is 31.5 Å². The molecule has 138 valence electrons. The molecule has 7 heteroatoms. The third kappa shape index (κ3) is 6.23. The summed E-state index contributed by atoms with van der Waals surface area (Å²) < 4.78 is 36.7. The summed E-state index contributed by atoms with van der Waals surface area (Å²) in [4.78, 5) is 23.6. The van der Waals surface area contributed by atoms with E-state index in [9.17, 15) is 27.9 Å². The third-order valence-corrected chi connectivity index (χ3v) is 3.80. The number of benzene rings is 2. The first-order valence-electron chi connectivity index (χ1n) is 7.98. The fourth-order valence-electron chi connectivity index (χ4n) is 2.40. The predicted octanol–water partition coefficient (Wildman–Crippen LogP) is 3.61. The molecule has 0 heterocycles. The Morgan fingerprint density at radius 2 is 1.58 bits per heavy atom. The molecule has 0 saturated heterocycles. The number of nitrogens with one attached hydrogen (secondary N) is 1. The molecule has 0 saturated carbocycles. The number of amides is 1. The fraction of sp³-hybridized carbons (Fsp3) is 0.263. The second kappa shape index (κ2) is 8.51. The van der Waals surface area contributed by atoms with E-state index in [2.05, 4.69) is 5.32 Å². The van der Waals surface area contributed by atoms with E-state index in [0.29, 0.717) is 5.56 Å². The summed E-state index contributed by atoms with van der Waals surface area (Å²) >= 11 is 0. The topological polar surface area (TPSA) is 66.4 Å². The number of halogens is 3. The van der Waals surface area contributed by atoms with Gasteiger partial charge in [-0.2, -0.15) is 13.2 Å². The number of carboxylic acid groups (broad SMARTS) is 1. The van der Waals surface area contributed by atoms with Gasteiger partial charge in [-0.25, -0.2) is 4.79 Å². The van der Waals surface area contributed by atoms with Crippen molar-refractivity contribution in [2.24, 2.45) is 0 Å². The first-order chi connectivity index (χ1) is 12.2. The van der Waals surface area contributed by atoms with Gasteiger partial charge in [-0.05, 0) is 29.7 Å². The lowest BCUT2D eigenvalue weighted by Crippen LogP contribution is -2.42. The average Bonchev–Trinajstić information content (AvgIpc) is 2.60. The zero-order valence-electron chi connectivity index (χ0n) is 13.8. The summed E-state index contributed by atoms with van der Waals surface area (Å²) in [5.41, 5.74) is 1.42. The number of aliphatic carboxylic acids is 1. The smallest absolute Gasteiger partial charge is 0.389 e. The molecule has 0 unspecified atom stereocenters. The monoisotopic (exact) mass is 365 g/mol. The molecule has 0 aliphatic heterocycles. The zero-order valence-corrected chi connectivity index (χ0v) is 13.8. The second-order valence-electron chi connectivity index (χ2n) is 5.87.